The van der Waals surface area contributed by atoms with Gasteiger partial charge in [0.2, 0.25) is 0 Å². The van der Waals surface area contributed by atoms with E-state index in [-0.39, 0.29) is 11.1 Å². The van der Waals surface area contributed by atoms with Crippen LogP contribution in [0.5, 0.6) is 5.75 Å². The highest BCUT2D eigenvalue weighted by Crippen LogP contribution is 2.31. The van der Waals surface area contributed by atoms with Crippen LogP contribution in [0.1, 0.15) is 27.7 Å². The van der Waals surface area contributed by atoms with Crippen LogP contribution < -0.4 is 15.0 Å². The fourth-order valence-electron chi connectivity index (χ4n) is 2.44. The fraction of sp³-hybridized carbons (Fsp3) is 0.600. The summed E-state index contributed by atoms with van der Waals surface area (Å²) in [5.74, 6) is 0.916. The Morgan fingerprint density at radius 2 is 1.94 bits per heavy atom. The summed E-state index contributed by atoms with van der Waals surface area (Å²) in [4.78, 5) is 2.46. The van der Waals surface area contributed by atoms with Crippen LogP contribution in [0.2, 0.25) is 0 Å². The SMILES string of the molecule is COc1cccc(N2CC(C)(C)NCC2(C)C)c1. The molecule has 0 radical (unpaired) electrons. The van der Waals surface area contributed by atoms with Crippen molar-refractivity contribution >= 4 is 5.69 Å². The molecule has 0 atom stereocenters. The highest BCUT2D eigenvalue weighted by Gasteiger charge is 2.37. The number of nitrogens with zero attached hydrogens (tertiary/aromatic N) is 1. The monoisotopic (exact) mass is 248 g/mol. The van der Waals surface area contributed by atoms with Gasteiger partial charge in [-0.05, 0) is 39.8 Å². The van der Waals surface area contributed by atoms with E-state index in [2.05, 4.69) is 56.1 Å². The molecule has 1 aromatic carbocycles. The Labute approximate surface area is 110 Å². The molecule has 0 aliphatic carbocycles. The standard InChI is InChI=1S/C15H24N2O/c1-14(2)11-17(15(3,4)10-16-14)12-7-6-8-13(9-12)18-5/h6-9,16H,10-11H2,1-5H3. The van der Waals surface area contributed by atoms with E-state index < -0.39 is 0 Å². The number of benzene rings is 1. The normalized spacial score (nSPS) is 21.7. The molecule has 1 saturated heterocycles. The van der Waals surface area contributed by atoms with Crippen molar-refractivity contribution in [1.29, 1.82) is 0 Å². The Morgan fingerprint density at radius 3 is 2.61 bits per heavy atom. The van der Waals surface area contributed by atoms with Crippen LogP contribution in [0.3, 0.4) is 0 Å². The second kappa shape index (κ2) is 4.47. The summed E-state index contributed by atoms with van der Waals surface area (Å²) in [5.41, 5.74) is 1.48. The van der Waals surface area contributed by atoms with Crippen LogP contribution in [-0.2, 0) is 0 Å². The molecular formula is C15H24N2O. The van der Waals surface area contributed by atoms with Crippen molar-refractivity contribution < 1.29 is 4.74 Å². The minimum Gasteiger partial charge on any atom is -0.497 e. The molecule has 0 aromatic heterocycles. The highest BCUT2D eigenvalue weighted by atomic mass is 16.5. The number of rotatable bonds is 2. The van der Waals surface area contributed by atoms with Crippen molar-refractivity contribution in [2.45, 2.75) is 38.8 Å². The van der Waals surface area contributed by atoms with Gasteiger partial charge in [-0.25, -0.2) is 0 Å². The Kier molecular flexibility index (Phi) is 3.28. The molecule has 1 N–H and O–H groups in total. The molecule has 18 heavy (non-hydrogen) atoms. The number of piperazine rings is 1. The fourth-order valence-corrected chi connectivity index (χ4v) is 2.44. The van der Waals surface area contributed by atoms with Crippen LogP contribution >= 0.6 is 0 Å². The second-order valence-electron chi connectivity index (χ2n) is 6.34. The maximum atomic E-state index is 5.32. The molecule has 3 nitrogen and oxygen atoms in total. The van der Waals surface area contributed by atoms with Gasteiger partial charge in [0.1, 0.15) is 5.75 Å². The molecule has 0 spiro atoms. The lowest BCUT2D eigenvalue weighted by Gasteiger charge is -2.51. The molecule has 0 amide bonds. The van der Waals surface area contributed by atoms with E-state index in [4.69, 9.17) is 4.74 Å². The van der Waals surface area contributed by atoms with Gasteiger partial charge in [0, 0.05) is 35.9 Å². The zero-order valence-corrected chi connectivity index (χ0v) is 12.1. The largest absolute Gasteiger partial charge is 0.497 e. The molecular weight excluding hydrogens is 224 g/mol. The molecule has 0 unspecified atom stereocenters. The van der Waals surface area contributed by atoms with Crippen LogP contribution in [0.4, 0.5) is 5.69 Å². The Morgan fingerprint density at radius 1 is 1.22 bits per heavy atom. The third-order valence-corrected chi connectivity index (χ3v) is 3.65. The first kappa shape index (κ1) is 13.2. The van der Waals surface area contributed by atoms with E-state index in [0.29, 0.717) is 0 Å². The van der Waals surface area contributed by atoms with Crippen LogP contribution in [-0.4, -0.2) is 31.3 Å². The maximum Gasteiger partial charge on any atom is 0.120 e. The van der Waals surface area contributed by atoms with Gasteiger partial charge in [0.15, 0.2) is 0 Å². The van der Waals surface area contributed by atoms with Gasteiger partial charge in [-0.1, -0.05) is 6.07 Å². The Hall–Kier alpha value is -1.22. The van der Waals surface area contributed by atoms with Crippen LogP contribution in [0.15, 0.2) is 24.3 Å². The number of methoxy groups -OCH3 is 1. The first-order chi connectivity index (χ1) is 8.34. The predicted molar refractivity (Wildman–Crippen MR) is 76.5 cm³/mol. The minimum atomic E-state index is 0.113. The van der Waals surface area contributed by atoms with Crippen LogP contribution in [0, 0.1) is 0 Å². The molecule has 1 aliphatic heterocycles. The molecule has 1 aliphatic rings. The van der Waals surface area contributed by atoms with E-state index >= 15 is 0 Å². The third-order valence-electron chi connectivity index (χ3n) is 3.65. The first-order valence-electron chi connectivity index (χ1n) is 6.51. The molecule has 2 rings (SSSR count). The average molecular weight is 248 g/mol. The van der Waals surface area contributed by atoms with E-state index in [1.54, 1.807) is 7.11 Å². The Balaban J connectivity index is 2.33. The van der Waals surface area contributed by atoms with Crippen molar-refractivity contribution in [3.05, 3.63) is 24.3 Å². The first-order valence-corrected chi connectivity index (χ1v) is 6.51. The van der Waals surface area contributed by atoms with Gasteiger partial charge in [0.05, 0.1) is 7.11 Å². The second-order valence-corrected chi connectivity index (χ2v) is 6.34. The zero-order chi connectivity index (χ0) is 13.4. The highest BCUT2D eigenvalue weighted by molar-refractivity contribution is 5.53. The molecule has 1 fully saturated rings. The summed E-state index contributed by atoms with van der Waals surface area (Å²) >= 11 is 0. The van der Waals surface area contributed by atoms with Gasteiger partial charge < -0.3 is 15.0 Å². The minimum absolute atomic E-state index is 0.113. The van der Waals surface area contributed by atoms with Crippen LogP contribution in [0.25, 0.3) is 0 Å². The summed E-state index contributed by atoms with van der Waals surface area (Å²) < 4.78 is 5.32. The van der Waals surface area contributed by atoms with E-state index in [1.807, 2.05) is 6.07 Å². The topological polar surface area (TPSA) is 24.5 Å². The van der Waals surface area contributed by atoms with Crippen molar-refractivity contribution in [2.24, 2.45) is 0 Å². The summed E-state index contributed by atoms with van der Waals surface area (Å²) in [6.45, 7) is 11.0. The molecule has 3 heteroatoms. The lowest BCUT2D eigenvalue weighted by Crippen LogP contribution is -2.66. The summed E-state index contributed by atoms with van der Waals surface area (Å²) in [6, 6.07) is 8.32. The van der Waals surface area contributed by atoms with Crippen molar-refractivity contribution in [2.75, 3.05) is 25.1 Å². The van der Waals surface area contributed by atoms with E-state index in [9.17, 15) is 0 Å². The van der Waals surface area contributed by atoms with Gasteiger partial charge >= 0.3 is 0 Å². The van der Waals surface area contributed by atoms with Gasteiger partial charge in [-0.3, -0.25) is 0 Å². The zero-order valence-electron chi connectivity index (χ0n) is 12.1. The molecule has 0 bridgehead atoms. The molecule has 1 heterocycles. The summed E-state index contributed by atoms with van der Waals surface area (Å²) in [6.07, 6.45) is 0. The number of anilines is 1. The number of ether oxygens (including phenoxy) is 1. The van der Waals surface area contributed by atoms with Crippen molar-refractivity contribution in [3.63, 3.8) is 0 Å². The van der Waals surface area contributed by atoms with Gasteiger partial charge in [-0.2, -0.15) is 0 Å². The lowest BCUT2D eigenvalue weighted by atomic mass is 9.91. The van der Waals surface area contributed by atoms with Crippen molar-refractivity contribution in [3.8, 4) is 5.75 Å². The van der Waals surface area contributed by atoms with Gasteiger partial charge in [0.25, 0.3) is 0 Å². The molecule has 100 valence electrons. The number of hydrogen-bond acceptors (Lipinski definition) is 3. The predicted octanol–water partition coefficient (Wildman–Crippen LogP) is 2.66. The van der Waals surface area contributed by atoms with E-state index in [1.165, 1.54) is 5.69 Å². The van der Waals surface area contributed by atoms with E-state index in [0.717, 1.165) is 18.8 Å². The van der Waals surface area contributed by atoms with Gasteiger partial charge in [-0.15, -0.1) is 0 Å². The average Bonchev–Trinajstić information content (AvgIpc) is 2.33. The smallest absolute Gasteiger partial charge is 0.120 e. The third kappa shape index (κ3) is 2.61. The maximum absolute atomic E-state index is 5.32. The van der Waals surface area contributed by atoms with Crippen molar-refractivity contribution in [1.82, 2.24) is 5.32 Å². The summed E-state index contributed by atoms with van der Waals surface area (Å²) in [5, 5.41) is 3.60. The molecule has 0 saturated carbocycles. The Bertz CT molecular complexity index is 426. The molecule has 1 aromatic rings. The lowest BCUT2D eigenvalue weighted by molar-refractivity contribution is 0.260. The summed E-state index contributed by atoms with van der Waals surface area (Å²) in [7, 11) is 1.71. The number of nitrogens with one attached hydrogen (secondary N) is 1. The quantitative estimate of drug-likeness (QED) is 0.871. The number of hydrogen-bond donors (Lipinski definition) is 1.